The minimum Gasteiger partial charge on any atom is -0.491 e. The lowest BCUT2D eigenvalue weighted by atomic mass is 10.1. The Kier molecular flexibility index (Phi) is 7.79. The number of nitrogens with one attached hydrogen (secondary N) is 2. The highest BCUT2D eigenvalue weighted by Crippen LogP contribution is 2.24. The summed E-state index contributed by atoms with van der Waals surface area (Å²) in [6, 6.07) is -0.142. The Balaban J connectivity index is 2.94. The molecule has 0 aliphatic heterocycles. The van der Waals surface area contributed by atoms with E-state index in [1.807, 2.05) is 0 Å². The van der Waals surface area contributed by atoms with E-state index in [2.05, 4.69) is 27.5 Å². The molecule has 1 heterocycles. The van der Waals surface area contributed by atoms with Crippen molar-refractivity contribution in [2.24, 2.45) is 0 Å². The molecule has 1 aromatic rings. The van der Waals surface area contributed by atoms with Crippen LogP contribution in [0, 0.1) is 0 Å². The summed E-state index contributed by atoms with van der Waals surface area (Å²) >= 11 is 0. The van der Waals surface area contributed by atoms with Crippen molar-refractivity contribution in [1.82, 2.24) is 9.97 Å². The first kappa shape index (κ1) is 18.7. The van der Waals surface area contributed by atoms with Gasteiger partial charge < -0.3 is 14.8 Å². The number of rotatable bonds is 9. The minimum atomic E-state index is -0.297. The van der Waals surface area contributed by atoms with E-state index in [0.717, 1.165) is 19.3 Å². The lowest BCUT2D eigenvalue weighted by Crippen LogP contribution is -2.25. The van der Waals surface area contributed by atoms with Crippen LogP contribution in [-0.2, 0) is 14.3 Å². The van der Waals surface area contributed by atoms with Gasteiger partial charge in [0.05, 0.1) is 26.8 Å². The van der Waals surface area contributed by atoms with Crippen LogP contribution < -0.4 is 15.4 Å². The second-order valence-electron chi connectivity index (χ2n) is 5.06. The number of nitrogens with zero attached hydrogens (tertiary/aromatic N) is 2. The molecule has 1 amide bonds. The van der Waals surface area contributed by atoms with E-state index < -0.39 is 0 Å². The number of ether oxygens (including phenoxy) is 2. The maximum atomic E-state index is 11.6. The number of hydrogen-bond donors (Lipinski definition) is 2. The second kappa shape index (κ2) is 9.60. The SMILES string of the molecule is CCCCC(CC(=O)OC)Nc1nc(NC(C)=O)ncc1OC. The van der Waals surface area contributed by atoms with Gasteiger partial charge in [-0.15, -0.1) is 0 Å². The topological polar surface area (TPSA) is 102 Å². The van der Waals surface area contributed by atoms with Gasteiger partial charge >= 0.3 is 5.97 Å². The number of unbranched alkanes of at least 4 members (excludes halogenated alkanes) is 1. The van der Waals surface area contributed by atoms with Crippen LogP contribution in [0.25, 0.3) is 0 Å². The molecule has 23 heavy (non-hydrogen) atoms. The number of esters is 1. The van der Waals surface area contributed by atoms with Gasteiger partial charge in [-0.3, -0.25) is 14.9 Å². The number of aromatic nitrogens is 2. The molecule has 8 heteroatoms. The van der Waals surface area contributed by atoms with Crippen molar-refractivity contribution in [3.8, 4) is 5.75 Å². The van der Waals surface area contributed by atoms with Crippen LogP contribution >= 0.6 is 0 Å². The zero-order valence-electron chi connectivity index (χ0n) is 14.0. The molecule has 128 valence electrons. The van der Waals surface area contributed by atoms with Crippen LogP contribution in [0.3, 0.4) is 0 Å². The van der Waals surface area contributed by atoms with Gasteiger partial charge in [-0.05, 0) is 6.42 Å². The minimum absolute atomic E-state index is 0.142. The molecule has 0 aromatic carbocycles. The molecule has 0 aliphatic carbocycles. The summed E-state index contributed by atoms with van der Waals surface area (Å²) in [5.41, 5.74) is 0. The summed E-state index contributed by atoms with van der Waals surface area (Å²) in [5, 5.41) is 5.70. The Morgan fingerprint density at radius 2 is 2.09 bits per heavy atom. The Hall–Kier alpha value is -2.38. The lowest BCUT2D eigenvalue weighted by molar-refractivity contribution is -0.140. The van der Waals surface area contributed by atoms with Crippen molar-refractivity contribution in [2.45, 2.75) is 45.6 Å². The van der Waals surface area contributed by atoms with Gasteiger partial charge in [0.1, 0.15) is 0 Å². The number of anilines is 2. The van der Waals surface area contributed by atoms with E-state index in [0.29, 0.717) is 11.6 Å². The first-order valence-electron chi connectivity index (χ1n) is 7.52. The first-order valence-corrected chi connectivity index (χ1v) is 7.52. The van der Waals surface area contributed by atoms with Crippen LogP contribution in [-0.4, -0.2) is 42.1 Å². The van der Waals surface area contributed by atoms with Crippen molar-refractivity contribution in [2.75, 3.05) is 24.9 Å². The zero-order chi connectivity index (χ0) is 17.2. The number of amides is 1. The lowest BCUT2D eigenvalue weighted by Gasteiger charge is -2.19. The fourth-order valence-corrected chi connectivity index (χ4v) is 1.99. The Labute approximate surface area is 136 Å². The third-order valence-corrected chi connectivity index (χ3v) is 3.15. The largest absolute Gasteiger partial charge is 0.491 e. The predicted molar refractivity (Wildman–Crippen MR) is 86.5 cm³/mol. The van der Waals surface area contributed by atoms with E-state index in [-0.39, 0.29) is 30.3 Å². The van der Waals surface area contributed by atoms with Crippen LogP contribution in [0.15, 0.2) is 6.20 Å². The normalized spacial score (nSPS) is 11.5. The third-order valence-electron chi connectivity index (χ3n) is 3.15. The molecular formula is C15H24N4O4. The van der Waals surface area contributed by atoms with Gasteiger partial charge in [-0.2, -0.15) is 4.98 Å². The van der Waals surface area contributed by atoms with Gasteiger partial charge in [0.2, 0.25) is 11.9 Å². The zero-order valence-corrected chi connectivity index (χ0v) is 14.0. The maximum absolute atomic E-state index is 11.6. The first-order chi connectivity index (χ1) is 11.0. The van der Waals surface area contributed by atoms with Crippen molar-refractivity contribution in [3.05, 3.63) is 6.20 Å². The Morgan fingerprint density at radius 3 is 2.65 bits per heavy atom. The van der Waals surface area contributed by atoms with Crippen LogP contribution in [0.4, 0.5) is 11.8 Å². The molecule has 0 bridgehead atoms. The summed E-state index contributed by atoms with van der Waals surface area (Å²) in [5.74, 6) is 0.474. The molecular weight excluding hydrogens is 300 g/mol. The number of methoxy groups -OCH3 is 2. The number of hydrogen-bond acceptors (Lipinski definition) is 7. The average Bonchev–Trinajstić information content (AvgIpc) is 2.52. The molecule has 1 aromatic heterocycles. The van der Waals surface area contributed by atoms with E-state index in [9.17, 15) is 9.59 Å². The summed E-state index contributed by atoms with van der Waals surface area (Å²) in [6.45, 7) is 3.46. The molecule has 2 N–H and O–H groups in total. The highest BCUT2D eigenvalue weighted by molar-refractivity contribution is 5.86. The standard InChI is InChI=1S/C15H24N4O4/c1-5-6-7-11(8-13(21)23-4)18-14-12(22-3)9-16-15(19-14)17-10(2)20/h9,11H,5-8H2,1-4H3,(H2,16,17,18,19,20). The quantitative estimate of drug-likeness (QED) is 0.669. The molecule has 8 nitrogen and oxygen atoms in total. The van der Waals surface area contributed by atoms with E-state index in [4.69, 9.17) is 9.47 Å². The van der Waals surface area contributed by atoms with Gasteiger partial charge in [0, 0.05) is 13.0 Å². The molecule has 0 saturated heterocycles. The highest BCUT2D eigenvalue weighted by atomic mass is 16.5. The van der Waals surface area contributed by atoms with E-state index >= 15 is 0 Å². The summed E-state index contributed by atoms with van der Waals surface area (Å²) in [6.07, 6.45) is 4.45. The highest BCUT2D eigenvalue weighted by Gasteiger charge is 2.17. The van der Waals surface area contributed by atoms with Crippen molar-refractivity contribution in [1.29, 1.82) is 0 Å². The van der Waals surface area contributed by atoms with Crippen LogP contribution in [0.2, 0.25) is 0 Å². The molecule has 0 spiro atoms. The van der Waals surface area contributed by atoms with Gasteiger partial charge in [-0.1, -0.05) is 19.8 Å². The smallest absolute Gasteiger partial charge is 0.307 e. The van der Waals surface area contributed by atoms with E-state index in [1.165, 1.54) is 27.3 Å². The van der Waals surface area contributed by atoms with Gasteiger partial charge in [0.25, 0.3) is 0 Å². The Morgan fingerprint density at radius 1 is 1.35 bits per heavy atom. The maximum Gasteiger partial charge on any atom is 0.307 e. The summed E-state index contributed by atoms with van der Waals surface area (Å²) in [7, 11) is 2.86. The number of carbonyl (C=O) groups is 2. The second-order valence-corrected chi connectivity index (χ2v) is 5.06. The van der Waals surface area contributed by atoms with Crippen molar-refractivity contribution in [3.63, 3.8) is 0 Å². The molecule has 0 radical (unpaired) electrons. The monoisotopic (exact) mass is 324 g/mol. The van der Waals surface area contributed by atoms with Crippen molar-refractivity contribution < 1.29 is 19.1 Å². The fourth-order valence-electron chi connectivity index (χ4n) is 1.99. The van der Waals surface area contributed by atoms with Crippen LogP contribution in [0.1, 0.15) is 39.5 Å². The fraction of sp³-hybridized carbons (Fsp3) is 0.600. The average molecular weight is 324 g/mol. The molecule has 1 rings (SSSR count). The van der Waals surface area contributed by atoms with Crippen molar-refractivity contribution >= 4 is 23.6 Å². The Bertz CT molecular complexity index is 536. The molecule has 0 saturated carbocycles. The molecule has 0 fully saturated rings. The molecule has 1 unspecified atom stereocenters. The predicted octanol–water partition coefficient (Wildman–Crippen LogP) is 1.98. The number of carbonyl (C=O) groups excluding carboxylic acids is 2. The van der Waals surface area contributed by atoms with Gasteiger partial charge in [-0.25, -0.2) is 4.98 Å². The van der Waals surface area contributed by atoms with E-state index in [1.54, 1.807) is 0 Å². The summed E-state index contributed by atoms with van der Waals surface area (Å²) in [4.78, 5) is 30.9. The molecule has 0 aliphatic rings. The van der Waals surface area contributed by atoms with Gasteiger partial charge in [0.15, 0.2) is 11.6 Å². The molecule has 1 atom stereocenters. The third kappa shape index (κ3) is 6.50. The van der Waals surface area contributed by atoms with Crippen LogP contribution in [0.5, 0.6) is 5.75 Å². The summed E-state index contributed by atoms with van der Waals surface area (Å²) < 4.78 is 9.96.